The van der Waals surface area contributed by atoms with E-state index in [-0.39, 0.29) is 5.91 Å². The summed E-state index contributed by atoms with van der Waals surface area (Å²) in [6.45, 7) is 4.63. The summed E-state index contributed by atoms with van der Waals surface area (Å²) in [6, 6.07) is 22.4. The van der Waals surface area contributed by atoms with E-state index in [0.29, 0.717) is 35.4 Å². The number of amides is 1. The summed E-state index contributed by atoms with van der Waals surface area (Å²) < 4.78 is 11.6. The standard InChI is InChI=1S/C26H23ClN2O3/c1-17-6-12-23(13-7-17)31-16-24-18(2)32-26(29-24)21-10-8-20(9-11-21)25(30)28-15-19-4-3-5-22(27)14-19/h3-14H,15-16H2,1-2H3,(H,28,30). The van der Waals surface area contributed by atoms with E-state index in [1.165, 1.54) is 5.56 Å². The van der Waals surface area contributed by atoms with Crippen LogP contribution in [0, 0.1) is 13.8 Å². The van der Waals surface area contributed by atoms with E-state index in [2.05, 4.69) is 10.3 Å². The zero-order valence-corrected chi connectivity index (χ0v) is 18.6. The lowest BCUT2D eigenvalue weighted by Gasteiger charge is -2.06. The Hall–Kier alpha value is -3.57. The first kappa shape index (κ1) is 21.7. The summed E-state index contributed by atoms with van der Waals surface area (Å²) in [5.74, 6) is 1.83. The lowest BCUT2D eigenvalue weighted by molar-refractivity contribution is 0.0951. The summed E-state index contributed by atoms with van der Waals surface area (Å²) >= 11 is 5.99. The minimum absolute atomic E-state index is 0.160. The average Bonchev–Trinajstić information content (AvgIpc) is 3.18. The van der Waals surface area contributed by atoms with Crippen LogP contribution in [0.5, 0.6) is 5.75 Å². The van der Waals surface area contributed by atoms with E-state index in [9.17, 15) is 4.79 Å². The number of carbonyl (C=O) groups is 1. The van der Waals surface area contributed by atoms with Gasteiger partial charge >= 0.3 is 0 Å². The third kappa shape index (κ3) is 5.37. The molecule has 1 N–H and O–H groups in total. The van der Waals surface area contributed by atoms with Gasteiger partial charge in [0.25, 0.3) is 5.91 Å². The highest BCUT2D eigenvalue weighted by Crippen LogP contribution is 2.23. The van der Waals surface area contributed by atoms with Crippen molar-refractivity contribution in [1.82, 2.24) is 10.3 Å². The molecule has 1 heterocycles. The SMILES string of the molecule is Cc1ccc(OCc2nc(-c3ccc(C(=O)NCc4cccc(Cl)c4)cc3)oc2C)cc1. The van der Waals surface area contributed by atoms with Gasteiger partial charge in [0.05, 0.1) is 0 Å². The molecule has 0 radical (unpaired) electrons. The van der Waals surface area contributed by atoms with Crippen molar-refractivity contribution in [2.45, 2.75) is 27.0 Å². The molecule has 0 aliphatic heterocycles. The van der Waals surface area contributed by atoms with E-state index in [1.54, 1.807) is 18.2 Å². The molecule has 6 heteroatoms. The van der Waals surface area contributed by atoms with Gasteiger partial charge in [-0.05, 0) is 67.9 Å². The van der Waals surface area contributed by atoms with Gasteiger partial charge in [0.2, 0.25) is 5.89 Å². The van der Waals surface area contributed by atoms with Crippen LogP contribution in [0.15, 0.2) is 77.2 Å². The van der Waals surface area contributed by atoms with Gasteiger partial charge < -0.3 is 14.5 Å². The third-order valence-corrected chi connectivity index (χ3v) is 5.26. The normalized spacial score (nSPS) is 10.7. The minimum atomic E-state index is -0.160. The van der Waals surface area contributed by atoms with E-state index < -0.39 is 0 Å². The first-order chi connectivity index (χ1) is 15.5. The van der Waals surface area contributed by atoms with E-state index in [1.807, 2.05) is 68.4 Å². The number of oxazole rings is 1. The van der Waals surface area contributed by atoms with Gasteiger partial charge in [0, 0.05) is 22.7 Å². The topological polar surface area (TPSA) is 64.4 Å². The number of hydrogen-bond donors (Lipinski definition) is 1. The zero-order valence-electron chi connectivity index (χ0n) is 17.9. The second kappa shape index (κ2) is 9.71. The highest BCUT2D eigenvalue weighted by Gasteiger charge is 2.13. The fourth-order valence-electron chi connectivity index (χ4n) is 3.17. The molecule has 0 saturated carbocycles. The molecular formula is C26H23ClN2O3. The van der Waals surface area contributed by atoms with E-state index in [4.69, 9.17) is 20.8 Å². The largest absolute Gasteiger partial charge is 0.487 e. The minimum Gasteiger partial charge on any atom is -0.487 e. The van der Waals surface area contributed by atoms with Gasteiger partial charge in [-0.25, -0.2) is 4.98 Å². The third-order valence-electron chi connectivity index (χ3n) is 5.03. The second-order valence-electron chi connectivity index (χ2n) is 7.51. The monoisotopic (exact) mass is 446 g/mol. The Morgan fingerprint density at radius 1 is 1.03 bits per heavy atom. The van der Waals surface area contributed by atoms with Crippen molar-refractivity contribution in [3.05, 3.63) is 106 Å². The molecule has 1 aromatic heterocycles. The van der Waals surface area contributed by atoms with Crippen molar-refractivity contribution in [2.24, 2.45) is 0 Å². The molecule has 4 rings (SSSR count). The number of carbonyl (C=O) groups excluding carboxylic acids is 1. The number of ether oxygens (including phenoxy) is 1. The van der Waals surface area contributed by atoms with Crippen LogP contribution in [0.3, 0.4) is 0 Å². The van der Waals surface area contributed by atoms with Crippen LogP contribution in [0.4, 0.5) is 0 Å². The van der Waals surface area contributed by atoms with Crippen LogP contribution in [0.1, 0.15) is 32.9 Å². The fraction of sp³-hybridized carbons (Fsp3) is 0.154. The average molecular weight is 447 g/mol. The van der Waals surface area contributed by atoms with Crippen LogP contribution < -0.4 is 10.1 Å². The van der Waals surface area contributed by atoms with Crippen molar-refractivity contribution in [1.29, 1.82) is 0 Å². The maximum absolute atomic E-state index is 12.5. The van der Waals surface area contributed by atoms with Gasteiger partial charge in [-0.3, -0.25) is 4.79 Å². The molecule has 4 aromatic rings. The predicted octanol–water partition coefficient (Wildman–Crippen LogP) is 6.12. The molecule has 0 unspecified atom stereocenters. The van der Waals surface area contributed by atoms with Crippen molar-refractivity contribution < 1.29 is 13.9 Å². The van der Waals surface area contributed by atoms with Crippen molar-refractivity contribution in [3.63, 3.8) is 0 Å². The highest BCUT2D eigenvalue weighted by atomic mass is 35.5. The number of rotatable bonds is 7. The number of nitrogens with zero attached hydrogens (tertiary/aromatic N) is 1. The molecule has 0 atom stereocenters. The molecule has 32 heavy (non-hydrogen) atoms. The molecule has 0 spiro atoms. The fourth-order valence-corrected chi connectivity index (χ4v) is 3.38. The number of aromatic nitrogens is 1. The van der Waals surface area contributed by atoms with Gasteiger partial charge in [-0.15, -0.1) is 0 Å². The van der Waals surface area contributed by atoms with Gasteiger partial charge in [0.15, 0.2) is 0 Å². The summed E-state index contributed by atoms with van der Waals surface area (Å²) in [5, 5.41) is 3.54. The Bertz CT molecular complexity index is 1210. The molecule has 3 aromatic carbocycles. The molecule has 162 valence electrons. The molecule has 1 amide bonds. The molecule has 0 aliphatic rings. The highest BCUT2D eigenvalue weighted by molar-refractivity contribution is 6.30. The smallest absolute Gasteiger partial charge is 0.251 e. The summed E-state index contributed by atoms with van der Waals surface area (Å²) in [6.07, 6.45) is 0. The van der Waals surface area contributed by atoms with E-state index in [0.717, 1.165) is 22.6 Å². The Balaban J connectivity index is 1.38. The van der Waals surface area contributed by atoms with Crippen molar-refractivity contribution in [3.8, 4) is 17.2 Å². The van der Waals surface area contributed by atoms with Crippen LogP contribution in [0.25, 0.3) is 11.5 Å². The summed E-state index contributed by atoms with van der Waals surface area (Å²) in [7, 11) is 0. The molecule has 0 saturated heterocycles. The molecule has 0 bridgehead atoms. The Morgan fingerprint density at radius 3 is 2.50 bits per heavy atom. The first-order valence-corrected chi connectivity index (χ1v) is 10.6. The summed E-state index contributed by atoms with van der Waals surface area (Å²) in [5.41, 5.74) is 4.21. The Morgan fingerprint density at radius 2 is 1.78 bits per heavy atom. The lowest BCUT2D eigenvalue weighted by Crippen LogP contribution is -2.22. The number of aryl methyl sites for hydroxylation is 2. The maximum atomic E-state index is 12.5. The van der Waals surface area contributed by atoms with Crippen molar-refractivity contribution in [2.75, 3.05) is 0 Å². The molecule has 5 nitrogen and oxygen atoms in total. The second-order valence-corrected chi connectivity index (χ2v) is 7.95. The first-order valence-electron chi connectivity index (χ1n) is 10.3. The molecule has 0 aliphatic carbocycles. The van der Waals surface area contributed by atoms with Gasteiger partial charge in [-0.2, -0.15) is 0 Å². The lowest BCUT2D eigenvalue weighted by atomic mass is 10.1. The molecule has 0 fully saturated rings. The van der Waals surface area contributed by atoms with Crippen LogP contribution >= 0.6 is 11.6 Å². The van der Waals surface area contributed by atoms with Gasteiger partial charge in [0.1, 0.15) is 23.8 Å². The number of hydrogen-bond acceptors (Lipinski definition) is 4. The van der Waals surface area contributed by atoms with Crippen LogP contribution in [-0.2, 0) is 13.2 Å². The van der Waals surface area contributed by atoms with Gasteiger partial charge in [-0.1, -0.05) is 41.4 Å². The Labute approximate surface area is 192 Å². The number of nitrogens with one attached hydrogen (secondary N) is 1. The zero-order chi connectivity index (χ0) is 22.5. The number of halogens is 1. The van der Waals surface area contributed by atoms with Crippen LogP contribution in [-0.4, -0.2) is 10.9 Å². The predicted molar refractivity (Wildman–Crippen MR) is 125 cm³/mol. The number of benzene rings is 3. The maximum Gasteiger partial charge on any atom is 0.251 e. The summed E-state index contributed by atoms with van der Waals surface area (Å²) in [4.78, 5) is 17.0. The van der Waals surface area contributed by atoms with Crippen molar-refractivity contribution >= 4 is 17.5 Å². The quantitative estimate of drug-likeness (QED) is 0.371. The van der Waals surface area contributed by atoms with E-state index >= 15 is 0 Å². The van der Waals surface area contributed by atoms with Crippen LogP contribution in [0.2, 0.25) is 5.02 Å². The molecular weight excluding hydrogens is 424 g/mol. The Kier molecular flexibility index (Phi) is 6.57.